The Bertz CT molecular complexity index is 974. The van der Waals surface area contributed by atoms with Gasteiger partial charge in [0.2, 0.25) is 0 Å². The summed E-state index contributed by atoms with van der Waals surface area (Å²) in [7, 11) is -3.19. The van der Waals surface area contributed by atoms with E-state index < -0.39 is 39.4 Å². The lowest BCUT2D eigenvalue weighted by atomic mass is 10.1. The molecule has 6 N–H and O–H groups in total. The van der Waals surface area contributed by atoms with Crippen molar-refractivity contribution in [3.8, 4) is 0 Å². The van der Waals surface area contributed by atoms with Crippen molar-refractivity contribution in [2.75, 3.05) is 59.4 Å². The Morgan fingerprint density at radius 1 is 0.956 bits per heavy atom. The van der Waals surface area contributed by atoms with Gasteiger partial charge < -0.3 is 5.32 Å². The van der Waals surface area contributed by atoms with Gasteiger partial charge in [-0.15, -0.1) is 9.53 Å². The third-order valence-electron chi connectivity index (χ3n) is 7.85. The Hall–Kier alpha value is -1.15. The Morgan fingerprint density at radius 3 is 2.04 bits per heavy atom. The van der Waals surface area contributed by atoms with Crippen LogP contribution in [0.2, 0.25) is 0 Å². The first-order valence-electron chi connectivity index (χ1n) is 16.5. The zero-order chi connectivity index (χ0) is 34.5. The average molecular weight is 675 g/mol. The molecule has 0 bridgehead atoms. The molecule has 1 fully saturated rings. The van der Waals surface area contributed by atoms with Gasteiger partial charge in [0.15, 0.2) is 5.79 Å². The average Bonchev–Trinajstić information content (AvgIpc) is 3.46. The first-order valence-corrected chi connectivity index (χ1v) is 18.0. The van der Waals surface area contributed by atoms with Gasteiger partial charge in [0.1, 0.15) is 0 Å². The van der Waals surface area contributed by atoms with Crippen LogP contribution < -0.4 is 32.1 Å². The SMILES string of the molecule is CCCCNC(NCCC)(NCC(C)C)C(N(CC)CC)(N(NCC)N1CCCC1NC)S(=O)(=O)N(CC)NC(=O)C(F)(F)F. The van der Waals surface area contributed by atoms with Gasteiger partial charge >= 0.3 is 12.1 Å². The number of amides is 1. The summed E-state index contributed by atoms with van der Waals surface area (Å²) in [4.78, 5) is 11.9. The number of rotatable bonds is 23. The minimum Gasteiger partial charge on any atom is -0.304 e. The molecule has 0 spiro atoms. The minimum absolute atomic E-state index is 0.0783. The van der Waals surface area contributed by atoms with Crippen molar-refractivity contribution in [2.24, 2.45) is 5.92 Å². The molecule has 3 atom stereocenters. The number of alkyl halides is 3. The molecule has 17 heteroatoms. The van der Waals surface area contributed by atoms with Gasteiger partial charge in [-0.25, -0.2) is 18.9 Å². The number of nitrogens with zero attached hydrogens (tertiary/aromatic N) is 4. The molecule has 45 heavy (non-hydrogen) atoms. The maximum atomic E-state index is 15.6. The van der Waals surface area contributed by atoms with Crippen LogP contribution in [0.1, 0.15) is 87.5 Å². The Labute approximate surface area is 269 Å². The molecule has 0 aromatic carbocycles. The van der Waals surface area contributed by atoms with E-state index in [-0.39, 0.29) is 25.2 Å². The van der Waals surface area contributed by atoms with Crippen LogP contribution in [-0.2, 0) is 14.8 Å². The predicted molar refractivity (Wildman–Crippen MR) is 172 cm³/mol. The summed E-state index contributed by atoms with van der Waals surface area (Å²) < 4.78 is 72.6. The number of nitrogens with one attached hydrogen (secondary N) is 6. The van der Waals surface area contributed by atoms with E-state index in [1.807, 2.05) is 53.5 Å². The van der Waals surface area contributed by atoms with Gasteiger partial charge in [-0.3, -0.25) is 31.1 Å². The molecule has 0 saturated carbocycles. The molecule has 0 aromatic heterocycles. The maximum absolute atomic E-state index is 15.6. The van der Waals surface area contributed by atoms with Crippen molar-refractivity contribution in [3.63, 3.8) is 0 Å². The quantitative estimate of drug-likeness (QED) is 0.0539. The molecule has 1 heterocycles. The highest BCUT2D eigenvalue weighted by molar-refractivity contribution is 7.90. The van der Waals surface area contributed by atoms with Gasteiger partial charge in [0.25, 0.3) is 15.0 Å². The summed E-state index contributed by atoms with van der Waals surface area (Å²) in [6.45, 7) is 16.7. The normalized spacial score (nSPS) is 19.5. The monoisotopic (exact) mass is 674 g/mol. The van der Waals surface area contributed by atoms with Crippen LogP contribution in [0.5, 0.6) is 0 Å². The summed E-state index contributed by atoms with van der Waals surface area (Å²) in [5.41, 5.74) is 5.04. The Balaban J connectivity index is 4.51. The van der Waals surface area contributed by atoms with E-state index in [2.05, 4.69) is 26.7 Å². The van der Waals surface area contributed by atoms with E-state index in [1.165, 1.54) is 6.92 Å². The van der Waals surface area contributed by atoms with E-state index in [9.17, 15) is 18.0 Å². The van der Waals surface area contributed by atoms with E-state index in [0.29, 0.717) is 56.4 Å². The fourth-order valence-corrected chi connectivity index (χ4v) is 8.18. The number of unbranched alkanes of at least 4 members (excludes halogenated alkanes) is 1. The van der Waals surface area contributed by atoms with Crippen molar-refractivity contribution in [2.45, 2.75) is 111 Å². The Morgan fingerprint density at radius 2 is 1.58 bits per heavy atom. The molecular formula is C28H61F3N10O3S. The number of hydrogen-bond acceptors (Lipinski definition) is 11. The summed E-state index contributed by atoms with van der Waals surface area (Å²) in [5.74, 6) is -3.96. The zero-order valence-corrected chi connectivity index (χ0v) is 29.7. The third kappa shape index (κ3) is 9.48. The molecule has 1 aliphatic heterocycles. The van der Waals surface area contributed by atoms with Crippen LogP contribution in [0.4, 0.5) is 13.2 Å². The fraction of sp³-hybridized carbons (Fsp3) is 0.964. The standard InChI is InChI=1S/C28H61F3N10O3S/c1-10-16-20-34-27(33-19-11-2,35-22-23(7)8)28(38(13-4)14-5,41(36-12-3)39-21-17-18-24(39)32-9)45(43,44)40(15-6)37-25(42)26(29,30)31/h23-24,32-36H,10-22H2,1-9H3,(H,37,42). The van der Waals surface area contributed by atoms with E-state index >= 15 is 8.42 Å². The molecule has 0 aliphatic carbocycles. The van der Waals surface area contributed by atoms with Gasteiger partial charge in [0.05, 0.1) is 6.17 Å². The van der Waals surface area contributed by atoms with Crippen molar-refractivity contribution >= 4 is 15.9 Å². The maximum Gasteiger partial charge on any atom is 0.472 e. The lowest BCUT2D eigenvalue weighted by Crippen LogP contribution is -2.93. The van der Waals surface area contributed by atoms with Crippen LogP contribution >= 0.6 is 0 Å². The molecular weight excluding hydrogens is 613 g/mol. The van der Waals surface area contributed by atoms with Crippen molar-refractivity contribution in [1.82, 2.24) is 51.6 Å². The van der Waals surface area contributed by atoms with E-state index in [4.69, 9.17) is 0 Å². The molecule has 0 aromatic rings. The molecule has 1 aliphatic rings. The largest absolute Gasteiger partial charge is 0.472 e. The minimum atomic E-state index is -5.30. The second kappa shape index (κ2) is 19.0. The number of sulfonamides is 1. The highest BCUT2D eigenvalue weighted by atomic mass is 32.2. The summed E-state index contributed by atoms with van der Waals surface area (Å²) in [5, 5.41) is 17.4. The zero-order valence-electron chi connectivity index (χ0n) is 28.9. The first kappa shape index (κ1) is 41.9. The van der Waals surface area contributed by atoms with Crippen molar-refractivity contribution in [3.05, 3.63) is 0 Å². The van der Waals surface area contributed by atoms with E-state index in [0.717, 1.165) is 12.8 Å². The number of hydrogen-bond donors (Lipinski definition) is 6. The lowest BCUT2D eigenvalue weighted by Gasteiger charge is -2.61. The fourth-order valence-electron chi connectivity index (χ4n) is 5.75. The number of halogens is 3. The topological polar surface area (TPSA) is 136 Å². The van der Waals surface area contributed by atoms with Crippen molar-refractivity contribution < 1.29 is 26.4 Å². The molecule has 268 valence electrons. The summed E-state index contributed by atoms with van der Waals surface area (Å²) >= 11 is 0. The van der Waals surface area contributed by atoms with Crippen molar-refractivity contribution in [1.29, 1.82) is 0 Å². The van der Waals surface area contributed by atoms with E-state index in [1.54, 1.807) is 22.5 Å². The van der Waals surface area contributed by atoms with Gasteiger partial charge in [0, 0.05) is 26.2 Å². The smallest absolute Gasteiger partial charge is 0.304 e. The molecule has 1 saturated heterocycles. The van der Waals surface area contributed by atoms with Gasteiger partial charge in [-0.1, -0.05) is 54.9 Å². The van der Waals surface area contributed by atoms with Crippen LogP contribution in [0.15, 0.2) is 0 Å². The summed E-state index contributed by atoms with van der Waals surface area (Å²) in [6.07, 6.45) is -1.95. The van der Waals surface area contributed by atoms with Crippen LogP contribution in [-0.4, -0.2) is 116 Å². The van der Waals surface area contributed by atoms with Crippen LogP contribution in [0.3, 0.4) is 0 Å². The number of carbonyl (C=O) groups excluding carboxylic acids is 1. The number of carbonyl (C=O) groups is 1. The highest BCUT2D eigenvalue weighted by Crippen LogP contribution is 2.40. The van der Waals surface area contributed by atoms with Gasteiger partial charge in [-0.2, -0.15) is 13.2 Å². The number of likely N-dealkylation sites (N-methyl/N-ethyl adjacent to an activating group) is 1. The molecule has 1 amide bonds. The highest BCUT2D eigenvalue weighted by Gasteiger charge is 2.70. The molecule has 1 rings (SSSR count). The van der Waals surface area contributed by atoms with Gasteiger partial charge in [-0.05, 0) is 71.8 Å². The number of hydrazine groups is 3. The predicted octanol–water partition coefficient (Wildman–Crippen LogP) is 1.90. The first-order chi connectivity index (χ1) is 21.1. The summed E-state index contributed by atoms with van der Waals surface area (Å²) in [6, 6.07) is 0. The molecule has 0 radical (unpaired) electrons. The van der Waals surface area contributed by atoms with Crippen LogP contribution in [0.25, 0.3) is 0 Å². The van der Waals surface area contributed by atoms with Crippen LogP contribution in [0, 0.1) is 5.92 Å². The molecule has 13 nitrogen and oxygen atoms in total. The second-order valence-corrected chi connectivity index (χ2v) is 13.5. The second-order valence-electron chi connectivity index (χ2n) is 11.6. The lowest BCUT2D eigenvalue weighted by molar-refractivity contribution is -0.222. The third-order valence-corrected chi connectivity index (χ3v) is 10.2. The molecule has 3 unspecified atom stereocenters. The Kier molecular flexibility index (Phi) is 17.7.